The van der Waals surface area contributed by atoms with Crippen molar-refractivity contribution >= 4 is 32.5 Å². The molecule has 9 heteroatoms. The van der Waals surface area contributed by atoms with Crippen molar-refractivity contribution in [3.63, 3.8) is 0 Å². The summed E-state index contributed by atoms with van der Waals surface area (Å²) in [5.74, 6) is -0.460. The van der Waals surface area contributed by atoms with Crippen LogP contribution in [-0.2, 0) is 21.4 Å². The van der Waals surface area contributed by atoms with Crippen molar-refractivity contribution in [2.45, 2.75) is 11.4 Å². The number of carbonyl (C=O) groups is 1. The van der Waals surface area contributed by atoms with Gasteiger partial charge in [-0.2, -0.15) is 5.10 Å². The monoisotopic (exact) mass is 386 g/mol. The van der Waals surface area contributed by atoms with E-state index in [-0.39, 0.29) is 22.6 Å². The zero-order valence-electron chi connectivity index (χ0n) is 14.8. The molecule has 0 saturated heterocycles. The molecule has 8 nitrogen and oxygen atoms in total. The lowest BCUT2D eigenvalue weighted by Crippen LogP contribution is -2.26. The highest BCUT2D eigenvalue weighted by molar-refractivity contribution is 7.89. The summed E-state index contributed by atoms with van der Waals surface area (Å²) < 4.78 is 27.3. The first-order valence-corrected chi connectivity index (χ1v) is 9.51. The largest absolute Gasteiger partial charge is 0.323 e. The van der Waals surface area contributed by atoms with Gasteiger partial charge in [0.1, 0.15) is 11.4 Å². The van der Waals surface area contributed by atoms with Gasteiger partial charge < -0.3 is 5.32 Å². The van der Waals surface area contributed by atoms with Gasteiger partial charge in [-0.05, 0) is 24.3 Å². The van der Waals surface area contributed by atoms with Gasteiger partial charge >= 0.3 is 0 Å². The molecule has 1 N–H and O–H groups in total. The van der Waals surface area contributed by atoms with Gasteiger partial charge in [0.2, 0.25) is 21.4 Å². The summed E-state index contributed by atoms with van der Waals surface area (Å²) in [5, 5.41) is 7.07. The van der Waals surface area contributed by atoms with Crippen LogP contribution in [0.25, 0.3) is 10.9 Å². The molecule has 3 rings (SSSR count). The van der Waals surface area contributed by atoms with Crippen LogP contribution < -0.4 is 10.7 Å². The first-order valence-electron chi connectivity index (χ1n) is 8.07. The lowest BCUT2D eigenvalue weighted by molar-refractivity contribution is -0.116. The fraction of sp³-hybridized carbons (Fsp3) is 0.167. The molecule has 0 atom stereocenters. The normalized spacial score (nSPS) is 11.7. The van der Waals surface area contributed by atoms with Crippen molar-refractivity contribution in [1.82, 2.24) is 14.1 Å². The second-order valence-corrected chi connectivity index (χ2v) is 8.14. The van der Waals surface area contributed by atoms with Crippen LogP contribution in [0.2, 0.25) is 0 Å². The standard InChI is InChI=1S/C18H18N4O4S/c1-21(2)27(25,26)17-10-6-4-8-14(17)20-18(24)12-22-15-9-5-3-7-13(15)16(23)11-19-22/h3-11H,12H2,1-2H3,(H,20,24). The summed E-state index contributed by atoms with van der Waals surface area (Å²) in [6, 6.07) is 13.0. The number of fused-ring (bicyclic) bond motifs is 1. The molecule has 0 radical (unpaired) electrons. The van der Waals surface area contributed by atoms with Crippen LogP contribution in [-0.4, -0.2) is 42.5 Å². The lowest BCUT2D eigenvalue weighted by Gasteiger charge is -2.16. The zero-order valence-corrected chi connectivity index (χ0v) is 15.6. The molecule has 140 valence electrons. The second-order valence-electron chi connectivity index (χ2n) is 6.02. The van der Waals surface area contributed by atoms with E-state index in [2.05, 4.69) is 10.4 Å². The average Bonchev–Trinajstić information content (AvgIpc) is 2.64. The number of amides is 1. The summed E-state index contributed by atoms with van der Waals surface area (Å²) in [7, 11) is -0.870. The van der Waals surface area contributed by atoms with Gasteiger partial charge in [-0.15, -0.1) is 0 Å². The van der Waals surface area contributed by atoms with E-state index in [1.54, 1.807) is 36.4 Å². The predicted octanol–water partition coefficient (Wildman–Crippen LogP) is 1.29. The minimum absolute atomic E-state index is 0.000994. The molecule has 1 amide bonds. The highest BCUT2D eigenvalue weighted by atomic mass is 32.2. The van der Waals surface area contributed by atoms with Crippen LogP contribution >= 0.6 is 0 Å². The Balaban J connectivity index is 1.91. The number of rotatable bonds is 5. The van der Waals surface area contributed by atoms with E-state index in [9.17, 15) is 18.0 Å². The fourth-order valence-corrected chi connectivity index (χ4v) is 3.65. The number of benzene rings is 2. The number of hydrogen-bond acceptors (Lipinski definition) is 5. The lowest BCUT2D eigenvalue weighted by atomic mass is 10.2. The third kappa shape index (κ3) is 3.74. The van der Waals surface area contributed by atoms with Crippen LogP contribution in [0.5, 0.6) is 0 Å². The van der Waals surface area contributed by atoms with Gasteiger partial charge in [-0.3, -0.25) is 14.3 Å². The van der Waals surface area contributed by atoms with Crippen LogP contribution in [0, 0.1) is 0 Å². The second kappa shape index (κ2) is 7.29. The van der Waals surface area contributed by atoms with Crippen molar-refractivity contribution < 1.29 is 13.2 Å². The van der Waals surface area contributed by atoms with E-state index in [1.807, 2.05) is 0 Å². The molecule has 0 unspecified atom stereocenters. The Hall–Kier alpha value is -3.04. The number of nitrogens with one attached hydrogen (secondary N) is 1. The number of hydrogen-bond donors (Lipinski definition) is 1. The molecular weight excluding hydrogens is 368 g/mol. The predicted molar refractivity (Wildman–Crippen MR) is 102 cm³/mol. The highest BCUT2D eigenvalue weighted by Gasteiger charge is 2.22. The molecule has 2 aromatic carbocycles. The van der Waals surface area contributed by atoms with Crippen LogP contribution in [0.1, 0.15) is 0 Å². The Bertz CT molecular complexity index is 1170. The smallest absolute Gasteiger partial charge is 0.246 e. The number of sulfonamides is 1. The van der Waals surface area contributed by atoms with Gasteiger partial charge in [0.25, 0.3) is 0 Å². The summed E-state index contributed by atoms with van der Waals surface area (Å²) >= 11 is 0. The summed E-state index contributed by atoms with van der Waals surface area (Å²) in [6.45, 7) is -0.170. The van der Waals surface area contributed by atoms with Crippen molar-refractivity contribution in [3.05, 3.63) is 65.0 Å². The van der Waals surface area contributed by atoms with E-state index >= 15 is 0 Å². The molecule has 0 aliphatic rings. The Morgan fingerprint density at radius 2 is 1.78 bits per heavy atom. The van der Waals surface area contributed by atoms with E-state index < -0.39 is 15.9 Å². The summed E-state index contributed by atoms with van der Waals surface area (Å²) in [4.78, 5) is 24.4. The molecule has 0 aliphatic carbocycles. The maximum Gasteiger partial charge on any atom is 0.246 e. The fourth-order valence-electron chi connectivity index (χ4n) is 2.60. The van der Waals surface area contributed by atoms with E-state index in [4.69, 9.17) is 0 Å². The SMILES string of the molecule is CN(C)S(=O)(=O)c1ccccc1NC(=O)Cn1ncc(=O)c2ccccc21. The maximum atomic E-state index is 12.5. The Labute approximate surface area is 156 Å². The zero-order chi connectivity index (χ0) is 19.6. The van der Waals surface area contributed by atoms with Crippen molar-refractivity contribution in [2.75, 3.05) is 19.4 Å². The Kier molecular flexibility index (Phi) is 5.06. The van der Waals surface area contributed by atoms with Crippen molar-refractivity contribution in [2.24, 2.45) is 0 Å². The van der Waals surface area contributed by atoms with E-state index in [0.717, 1.165) is 10.5 Å². The topological polar surface area (TPSA) is 101 Å². The molecule has 3 aromatic rings. The van der Waals surface area contributed by atoms with Crippen LogP contribution in [0.3, 0.4) is 0 Å². The van der Waals surface area contributed by atoms with Crippen molar-refractivity contribution in [3.8, 4) is 0 Å². The number of anilines is 1. The summed E-state index contributed by atoms with van der Waals surface area (Å²) in [6.07, 6.45) is 1.15. The minimum atomic E-state index is -3.71. The Morgan fingerprint density at radius 1 is 1.11 bits per heavy atom. The Morgan fingerprint density at radius 3 is 2.52 bits per heavy atom. The highest BCUT2D eigenvalue weighted by Crippen LogP contribution is 2.23. The minimum Gasteiger partial charge on any atom is -0.323 e. The van der Waals surface area contributed by atoms with Gasteiger partial charge in [-0.1, -0.05) is 24.3 Å². The van der Waals surface area contributed by atoms with Gasteiger partial charge in [-0.25, -0.2) is 12.7 Å². The third-order valence-electron chi connectivity index (χ3n) is 3.98. The number of aromatic nitrogens is 2. The van der Waals surface area contributed by atoms with Crippen molar-refractivity contribution in [1.29, 1.82) is 0 Å². The molecule has 1 heterocycles. The first kappa shape index (κ1) is 18.7. The van der Waals surface area contributed by atoms with Gasteiger partial charge in [0, 0.05) is 19.5 Å². The molecule has 0 saturated carbocycles. The average molecular weight is 386 g/mol. The molecule has 0 bridgehead atoms. The maximum absolute atomic E-state index is 12.5. The van der Waals surface area contributed by atoms with Crippen LogP contribution in [0.15, 0.2) is 64.4 Å². The third-order valence-corrected chi connectivity index (χ3v) is 5.85. The van der Waals surface area contributed by atoms with Crippen LogP contribution in [0.4, 0.5) is 5.69 Å². The quantitative estimate of drug-likeness (QED) is 0.712. The molecule has 1 aromatic heterocycles. The molecule has 0 spiro atoms. The van der Waals surface area contributed by atoms with Gasteiger partial charge in [0.15, 0.2) is 0 Å². The number of para-hydroxylation sites is 2. The van der Waals surface area contributed by atoms with E-state index in [1.165, 1.54) is 30.9 Å². The number of nitrogens with zero attached hydrogens (tertiary/aromatic N) is 3. The molecule has 27 heavy (non-hydrogen) atoms. The van der Waals surface area contributed by atoms with Gasteiger partial charge in [0.05, 0.1) is 17.4 Å². The van der Waals surface area contributed by atoms with E-state index in [0.29, 0.717) is 10.9 Å². The molecule has 0 aliphatic heterocycles. The first-order chi connectivity index (χ1) is 12.8. The molecular formula is C18H18N4O4S. The number of carbonyl (C=O) groups excluding carboxylic acids is 1. The molecule has 0 fully saturated rings. The summed E-state index contributed by atoms with van der Waals surface area (Å²) in [5.41, 5.74) is 0.473.